The molecule has 5 nitrogen and oxygen atoms in total. The summed E-state index contributed by atoms with van der Waals surface area (Å²) in [6, 6.07) is 13.4. The second-order valence-electron chi connectivity index (χ2n) is 10.9. The highest BCUT2D eigenvalue weighted by Crippen LogP contribution is 2.53. The van der Waals surface area contributed by atoms with Crippen LogP contribution in [0, 0.1) is 17.8 Å². The first-order valence-corrected chi connectivity index (χ1v) is 11.5. The molecular weight excluding hydrogens is 400 g/mol. The van der Waals surface area contributed by atoms with Crippen LogP contribution in [0.3, 0.4) is 0 Å². The zero-order valence-electron chi connectivity index (χ0n) is 19.4. The van der Waals surface area contributed by atoms with E-state index in [0.29, 0.717) is 40.3 Å². The molecule has 2 heterocycles. The van der Waals surface area contributed by atoms with Gasteiger partial charge in [0.25, 0.3) is 5.91 Å². The van der Waals surface area contributed by atoms with Gasteiger partial charge in [-0.05, 0) is 61.3 Å². The Morgan fingerprint density at radius 3 is 2.66 bits per heavy atom. The summed E-state index contributed by atoms with van der Waals surface area (Å²) in [5, 5.41) is 14.6. The molecule has 1 aliphatic heterocycles. The molecule has 2 aromatic carbocycles. The van der Waals surface area contributed by atoms with Gasteiger partial charge in [0, 0.05) is 35.8 Å². The van der Waals surface area contributed by atoms with Crippen molar-refractivity contribution < 1.29 is 14.3 Å². The molecule has 2 aliphatic rings. The van der Waals surface area contributed by atoms with Gasteiger partial charge in [-0.2, -0.15) is 0 Å². The predicted octanol–water partition coefficient (Wildman–Crippen LogP) is 6.10. The average Bonchev–Trinajstić information content (AvgIpc) is 3.16. The number of aromatic hydroxyl groups is 1. The number of hydrogen-bond acceptors (Lipinski definition) is 4. The fraction of sp³-hybridized carbons (Fsp3) is 0.444. The molecule has 1 saturated heterocycles. The van der Waals surface area contributed by atoms with Crippen molar-refractivity contribution >= 4 is 22.6 Å². The number of anilines is 1. The second-order valence-corrected chi connectivity index (χ2v) is 10.9. The van der Waals surface area contributed by atoms with E-state index in [4.69, 9.17) is 4.42 Å². The zero-order chi connectivity index (χ0) is 22.7. The van der Waals surface area contributed by atoms with E-state index < -0.39 is 0 Å². The van der Waals surface area contributed by atoms with Crippen molar-refractivity contribution in [3.63, 3.8) is 0 Å². The van der Waals surface area contributed by atoms with E-state index in [1.807, 2.05) is 37.3 Å². The number of phenols is 1. The quantitative estimate of drug-likeness (QED) is 0.523. The summed E-state index contributed by atoms with van der Waals surface area (Å²) in [5.41, 5.74) is 3.29. The summed E-state index contributed by atoms with van der Waals surface area (Å²) in [7, 11) is 0. The van der Waals surface area contributed by atoms with Crippen molar-refractivity contribution in [1.82, 2.24) is 4.90 Å². The summed E-state index contributed by atoms with van der Waals surface area (Å²) in [6.07, 6.45) is 3.57. The van der Waals surface area contributed by atoms with Crippen LogP contribution in [0.4, 0.5) is 5.69 Å². The summed E-state index contributed by atoms with van der Waals surface area (Å²) in [4.78, 5) is 15.8. The number of likely N-dealkylation sites (tertiary alicyclic amines) is 1. The van der Waals surface area contributed by atoms with Crippen molar-refractivity contribution in [2.75, 3.05) is 11.9 Å². The lowest BCUT2D eigenvalue weighted by molar-refractivity contribution is 0.102. The van der Waals surface area contributed by atoms with Crippen LogP contribution in [-0.4, -0.2) is 28.5 Å². The smallest absolute Gasteiger partial charge is 0.259 e. The minimum Gasteiger partial charge on any atom is -0.508 e. The minimum atomic E-state index is -0.215. The molecular formula is C27H32N2O3. The molecule has 5 rings (SSSR count). The van der Waals surface area contributed by atoms with Crippen molar-refractivity contribution in [3.05, 3.63) is 59.4 Å². The average molecular weight is 433 g/mol. The number of benzene rings is 2. The number of aryl methyl sites for hydroxylation is 1. The van der Waals surface area contributed by atoms with Gasteiger partial charge in [-0.3, -0.25) is 9.69 Å². The normalized spacial score (nSPS) is 24.7. The Kier molecular flexibility index (Phi) is 4.86. The molecule has 0 spiro atoms. The molecule has 3 aromatic rings. The SMILES string of the molecule is Cc1oc2ccc(O)c(CN3C[C@]4(C)C[C@@H]3CC(C)(C)C4)c2c1C(=O)Nc1ccccc1. The van der Waals surface area contributed by atoms with Gasteiger partial charge in [-0.25, -0.2) is 0 Å². The standard InChI is InChI=1S/C27H32N2O3/c1-17-23(25(31)28-18-8-6-5-7-9-18)24-20(21(30)10-11-22(24)32-17)14-29-16-27(4)13-19(29)12-26(2,3)15-27/h5-11,19,30H,12-16H2,1-4H3,(H,28,31)/t19-,27+/m0/s1. The van der Waals surface area contributed by atoms with Crippen molar-refractivity contribution in [1.29, 1.82) is 0 Å². The first kappa shape index (κ1) is 21.1. The Hall–Kier alpha value is -2.79. The molecule has 2 N–H and O–H groups in total. The van der Waals surface area contributed by atoms with Gasteiger partial charge < -0.3 is 14.8 Å². The highest BCUT2D eigenvalue weighted by Gasteiger charge is 2.49. The molecule has 0 radical (unpaired) electrons. The fourth-order valence-electron chi connectivity index (χ4n) is 6.48. The van der Waals surface area contributed by atoms with Crippen LogP contribution >= 0.6 is 0 Å². The lowest BCUT2D eigenvalue weighted by Crippen LogP contribution is -2.34. The highest BCUT2D eigenvalue weighted by atomic mass is 16.3. The first-order chi connectivity index (χ1) is 15.1. The first-order valence-electron chi connectivity index (χ1n) is 11.5. The maximum Gasteiger partial charge on any atom is 0.259 e. The molecule has 1 amide bonds. The molecule has 2 fully saturated rings. The largest absolute Gasteiger partial charge is 0.508 e. The monoisotopic (exact) mass is 432 g/mol. The molecule has 1 aromatic heterocycles. The molecule has 2 bridgehead atoms. The van der Waals surface area contributed by atoms with Crippen molar-refractivity contribution in [2.45, 2.75) is 59.5 Å². The number of hydrogen-bond donors (Lipinski definition) is 2. The summed E-state index contributed by atoms with van der Waals surface area (Å²) in [6.45, 7) is 10.6. The van der Waals surface area contributed by atoms with Gasteiger partial charge in [0.15, 0.2) is 0 Å². The van der Waals surface area contributed by atoms with Crippen LogP contribution in [-0.2, 0) is 6.54 Å². The lowest BCUT2D eigenvalue weighted by atomic mass is 9.65. The topological polar surface area (TPSA) is 65.7 Å². The Morgan fingerprint density at radius 2 is 1.91 bits per heavy atom. The highest BCUT2D eigenvalue weighted by molar-refractivity contribution is 6.14. The van der Waals surface area contributed by atoms with Gasteiger partial charge in [0.05, 0.1) is 5.56 Å². The third kappa shape index (κ3) is 3.69. The second kappa shape index (κ2) is 7.38. The van der Waals surface area contributed by atoms with Crippen LogP contribution in [0.1, 0.15) is 61.7 Å². The van der Waals surface area contributed by atoms with E-state index in [1.165, 1.54) is 12.8 Å². The number of amides is 1. The van der Waals surface area contributed by atoms with Gasteiger partial charge in [0.1, 0.15) is 17.1 Å². The molecule has 32 heavy (non-hydrogen) atoms. The number of nitrogens with zero attached hydrogens (tertiary/aromatic N) is 1. The number of rotatable bonds is 4. The number of nitrogens with one attached hydrogen (secondary N) is 1. The van der Waals surface area contributed by atoms with E-state index in [-0.39, 0.29) is 11.7 Å². The molecule has 5 heteroatoms. The minimum absolute atomic E-state index is 0.215. The van der Waals surface area contributed by atoms with Crippen molar-refractivity contribution in [2.24, 2.45) is 10.8 Å². The Morgan fingerprint density at radius 1 is 1.16 bits per heavy atom. The van der Waals surface area contributed by atoms with E-state index in [1.54, 1.807) is 12.1 Å². The molecule has 2 atom stereocenters. The van der Waals surface area contributed by atoms with E-state index in [2.05, 4.69) is 31.0 Å². The predicted molar refractivity (Wildman–Crippen MR) is 127 cm³/mol. The van der Waals surface area contributed by atoms with Gasteiger partial charge >= 0.3 is 0 Å². The molecule has 0 unspecified atom stereocenters. The Balaban J connectivity index is 1.53. The number of carbonyl (C=O) groups excluding carboxylic acids is 1. The van der Waals surface area contributed by atoms with Gasteiger partial charge in [-0.1, -0.05) is 39.0 Å². The third-order valence-electron chi connectivity index (χ3n) is 7.26. The van der Waals surface area contributed by atoms with Gasteiger partial charge in [0.2, 0.25) is 0 Å². The maximum absolute atomic E-state index is 13.3. The number of para-hydroxylation sites is 1. The number of fused-ring (bicyclic) bond motifs is 3. The number of carbonyl (C=O) groups is 1. The number of furan rings is 1. The summed E-state index contributed by atoms with van der Waals surface area (Å²) < 4.78 is 5.97. The Labute approximate surface area is 189 Å². The van der Waals surface area contributed by atoms with E-state index >= 15 is 0 Å². The Bertz CT molecular complexity index is 1180. The van der Waals surface area contributed by atoms with Gasteiger partial charge in [-0.15, -0.1) is 0 Å². The van der Waals surface area contributed by atoms with Crippen LogP contribution < -0.4 is 5.32 Å². The third-order valence-corrected chi connectivity index (χ3v) is 7.26. The van der Waals surface area contributed by atoms with Crippen LogP contribution in [0.5, 0.6) is 5.75 Å². The molecule has 168 valence electrons. The van der Waals surface area contributed by atoms with Crippen LogP contribution in [0.2, 0.25) is 0 Å². The molecule has 1 saturated carbocycles. The molecule has 1 aliphatic carbocycles. The van der Waals surface area contributed by atoms with E-state index in [9.17, 15) is 9.90 Å². The van der Waals surface area contributed by atoms with Crippen molar-refractivity contribution in [3.8, 4) is 5.75 Å². The van der Waals surface area contributed by atoms with Crippen LogP contribution in [0.25, 0.3) is 11.0 Å². The van der Waals surface area contributed by atoms with E-state index in [0.717, 1.165) is 29.6 Å². The van der Waals surface area contributed by atoms with Crippen LogP contribution in [0.15, 0.2) is 46.9 Å². The summed E-state index contributed by atoms with van der Waals surface area (Å²) in [5.74, 6) is 0.569. The number of phenolic OH excluding ortho intramolecular Hbond substituents is 1. The lowest BCUT2D eigenvalue weighted by Gasteiger charge is -2.40. The maximum atomic E-state index is 13.3. The fourth-order valence-corrected chi connectivity index (χ4v) is 6.48. The zero-order valence-corrected chi connectivity index (χ0v) is 19.4. The summed E-state index contributed by atoms with van der Waals surface area (Å²) >= 11 is 0.